The van der Waals surface area contributed by atoms with Crippen LogP contribution in [0.5, 0.6) is 11.6 Å². The van der Waals surface area contributed by atoms with E-state index in [4.69, 9.17) is 4.74 Å². The summed E-state index contributed by atoms with van der Waals surface area (Å²) in [6.45, 7) is -0.0237. The molecule has 5 rings (SSSR count). The van der Waals surface area contributed by atoms with Crippen molar-refractivity contribution in [1.29, 1.82) is 0 Å². The molecule has 0 aliphatic carbocycles. The van der Waals surface area contributed by atoms with E-state index in [0.717, 1.165) is 28.0 Å². The molecule has 7 heteroatoms. The van der Waals surface area contributed by atoms with Crippen LogP contribution >= 0.6 is 0 Å². The Morgan fingerprint density at radius 2 is 1.87 bits per heavy atom. The second-order valence-electron chi connectivity index (χ2n) is 6.90. The highest BCUT2D eigenvalue weighted by atomic mass is 16.5. The monoisotopic (exact) mass is 409 g/mol. The van der Waals surface area contributed by atoms with E-state index in [2.05, 4.69) is 20.3 Å². The number of fused-ring (bicyclic) bond motifs is 1. The fourth-order valence-corrected chi connectivity index (χ4v) is 3.34. The average Bonchev–Trinajstić information content (AvgIpc) is 3.23. The molecule has 3 heterocycles. The highest BCUT2D eigenvalue weighted by Gasteiger charge is 2.08. The van der Waals surface area contributed by atoms with Gasteiger partial charge in [0.25, 0.3) is 0 Å². The normalized spacial score (nSPS) is 10.9. The molecule has 152 valence electrons. The SMILES string of the molecule is OCc1cccc(Nc2nccc(Oc3ccc4c(ccn4-c4ccccn4)c3)n2)c1. The Balaban J connectivity index is 1.37. The van der Waals surface area contributed by atoms with Crippen LogP contribution in [0.15, 0.2) is 91.4 Å². The summed E-state index contributed by atoms with van der Waals surface area (Å²) < 4.78 is 8.00. The molecule has 5 aromatic rings. The van der Waals surface area contributed by atoms with Crippen molar-refractivity contribution in [2.45, 2.75) is 6.61 Å². The van der Waals surface area contributed by atoms with E-state index < -0.39 is 0 Å². The second-order valence-corrected chi connectivity index (χ2v) is 6.90. The number of hydrogen-bond acceptors (Lipinski definition) is 6. The molecule has 0 saturated heterocycles. The Labute approximate surface area is 178 Å². The van der Waals surface area contributed by atoms with Gasteiger partial charge in [0, 0.05) is 35.7 Å². The summed E-state index contributed by atoms with van der Waals surface area (Å²) in [4.78, 5) is 13.1. The molecule has 0 aliphatic heterocycles. The molecule has 2 N–H and O–H groups in total. The van der Waals surface area contributed by atoms with E-state index in [0.29, 0.717) is 17.6 Å². The fourth-order valence-electron chi connectivity index (χ4n) is 3.34. The minimum atomic E-state index is -0.0237. The summed E-state index contributed by atoms with van der Waals surface area (Å²) in [7, 11) is 0. The Morgan fingerprint density at radius 3 is 2.74 bits per heavy atom. The van der Waals surface area contributed by atoms with E-state index >= 15 is 0 Å². The maximum Gasteiger partial charge on any atom is 0.230 e. The third kappa shape index (κ3) is 4.08. The van der Waals surface area contributed by atoms with Gasteiger partial charge in [0.1, 0.15) is 11.6 Å². The third-order valence-electron chi connectivity index (χ3n) is 4.78. The van der Waals surface area contributed by atoms with E-state index in [9.17, 15) is 5.11 Å². The van der Waals surface area contributed by atoms with Gasteiger partial charge in [0.05, 0.1) is 12.1 Å². The van der Waals surface area contributed by atoms with Crippen molar-refractivity contribution in [2.75, 3.05) is 5.32 Å². The molecule has 7 nitrogen and oxygen atoms in total. The van der Waals surface area contributed by atoms with Crippen molar-refractivity contribution >= 4 is 22.5 Å². The highest BCUT2D eigenvalue weighted by Crippen LogP contribution is 2.27. The summed E-state index contributed by atoms with van der Waals surface area (Å²) in [6, 6.07) is 22.9. The molecule has 0 saturated carbocycles. The first-order valence-electron chi connectivity index (χ1n) is 9.79. The Bertz CT molecular complexity index is 1330. The molecular weight excluding hydrogens is 390 g/mol. The molecule has 0 amide bonds. The highest BCUT2D eigenvalue weighted by molar-refractivity contribution is 5.83. The van der Waals surface area contributed by atoms with Crippen molar-refractivity contribution in [1.82, 2.24) is 19.5 Å². The van der Waals surface area contributed by atoms with E-state index in [1.807, 2.05) is 77.5 Å². The molecule has 0 aliphatic rings. The van der Waals surface area contributed by atoms with Crippen LogP contribution in [0, 0.1) is 0 Å². The first-order chi connectivity index (χ1) is 15.3. The first kappa shape index (κ1) is 18.8. The number of hydrogen-bond donors (Lipinski definition) is 2. The molecule has 0 fully saturated rings. The number of aromatic nitrogens is 4. The molecule has 0 radical (unpaired) electrons. The summed E-state index contributed by atoms with van der Waals surface area (Å²) in [6.07, 6.45) is 5.40. The van der Waals surface area contributed by atoms with Gasteiger partial charge >= 0.3 is 0 Å². The molecule has 0 bridgehead atoms. The van der Waals surface area contributed by atoms with Gasteiger partial charge in [-0.3, -0.25) is 0 Å². The van der Waals surface area contributed by atoms with Gasteiger partial charge in [-0.2, -0.15) is 4.98 Å². The molecule has 0 spiro atoms. The maximum atomic E-state index is 9.29. The zero-order valence-electron chi connectivity index (χ0n) is 16.5. The zero-order chi connectivity index (χ0) is 21.0. The number of anilines is 2. The number of nitrogens with one attached hydrogen (secondary N) is 1. The topological polar surface area (TPSA) is 85.1 Å². The van der Waals surface area contributed by atoms with Crippen LogP contribution in [-0.2, 0) is 6.61 Å². The van der Waals surface area contributed by atoms with Crippen molar-refractivity contribution in [2.24, 2.45) is 0 Å². The number of ether oxygens (including phenoxy) is 1. The fraction of sp³-hybridized carbons (Fsp3) is 0.0417. The lowest BCUT2D eigenvalue weighted by Gasteiger charge is -2.09. The van der Waals surface area contributed by atoms with Crippen LogP contribution in [0.2, 0.25) is 0 Å². The number of aliphatic hydroxyl groups excluding tert-OH is 1. The minimum absolute atomic E-state index is 0.0237. The van der Waals surface area contributed by atoms with E-state index in [1.54, 1.807) is 18.5 Å². The number of nitrogens with zero attached hydrogens (tertiary/aromatic N) is 4. The summed E-state index contributed by atoms with van der Waals surface area (Å²) in [5.74, 6) is 2.38. The summed E-state index contributed by atoms with van der Waals surface area (Å²) in [5.41, 5.74) is 2.64. The second kappa shape index (κ2) is 8.25. The quantitative estimate of drug-likeness (QED) is 0.417. The third-order valence-corrected chi connectivity index (χ3v) is 4.78. The molecule has 0 atom stereocenters. The van der Waals surface area contributed by atoms with Gasteiger partial charge in [0.15, 0.2) is 0 Å². The number of rotatable bonds is 6. The smallest absolute Gasteiger partial charge is 0.230 e. The lowest BCUT2D eigenvalue weighted by Crippen LogP contribution is -1.99. The van der Waals surface area contributed by atoms with Gasteiger partial charge in [-0.1, -0.05) is 18.2 Å². The largest absolute Gasteiger partial charge is 0.439 e. The van der Waals surface area contributed by atoms with Crippen LogP contribution in [0.1, 0.15) is 5.56 Å². The Morgan fingerprint density at radius 1 is 0.903 bits per heavy atom. The van der Waals surface area contributed by atoms with Crippen LogP contribution in [0.3, 0.4) is 0 Å². The van der Waals surface area contributed by atoms with E-state index in [-0.39, 0.29) is 6.61 Å². The van der Waals surface area contributed by atoms with Gasteiger partial charge < -0.3 is 19.7 Å². The van der Waals surface area contributed by atoms with Crippen LogP contribution in [0.4, 0.5) is 11.6 Å². The maximum absolute atomic E-state index is 9.29. The Hall–Kier alpha value is -4.23. The number of pyridine rings is 1. The number of aliphatic hydroxyl groups is 1. The van der Waals surface area contributed by atoms with Gasteiger partial charge in [-0.05, 0) is 54.1 Å². The van der Waals surface area contributed by atoms with Crippen molar-refractivity contribution < 1.29 is 9.84 Å². The van der Waals surface area contributed by atoms with Gasteiger partial charge in [-0.15, -0.1) is 0 Å². The minimum Gasteiger partial charge on any atom is -0.439 e. The molecular formula is C24H19N5O2. The molecule has 31 heavy (non-hydrogen) atoms. The van der Waals surface area contributed by atoms with Crippen molar-refractivity contribution in [3.05, 3.63) is 97.0 Å². The number of benzene rings is 2. The standard InChI is InChI=1S/C24H19N5O2/c30-16-17-4-3-5-19(14-17)27-24-26-12-9-23(28-24)31-20-7-8-21-18(15-20)10-13-29(21)22-6-1-2-11-25-22/h1-15,30H,16H2,(H,26,27,28). The lowest BCUT2D eigenvalue weighted by atomic mass is 10.2. The van der Waals surface area contributed by atoms with Crippen LogP contribution in [-0.4, -0.2) is 24.6 Å². The van der Waals surface area contributed by atoms with E-state index in [1.165, 1.54) is 0 Å². The molecule has 3 aromatic heterocycles. The zero-order valence-corrected chi connectivity index (χ0v) is 16.5. The van der Waals surface area contributed by atoms with Gasteiger partial charge in [0.2, 0.25) is 11.8 Å². The molecule has 2 aromatic carbocycles. The average molecular weight is 409 g/mol. The summed E-state index contributed by atoms with van der Waals surface area (Å²) in [5, 5.41) is 13.5. The first-order valence-corrected chi connectivity index (χ1v) is 9.79. The predicted octanol–water partition coefficient (Wildman–Crippen LogP) is 4.84. The van der Waals surface area contributed by atoms with Crippen molar-refractivity contribution in [3.8, 4) is 17.4 Å². The lowest BCUT2D eigenvalue weighted by molar-refractivity contribution is 0.282. The van der Waals surface area contributed by atoms with Crippen molar-refractivity contribution in [3.63, 3.8) is 0 Å². The summed E-state index contributed by atoms with van der Waals surface area (Å²) >= 11 is 0. The van der Waals surface area contributed by atoms with Crippen LogP contribution < -0.4 is 10.1 Å². The predicted molar refractivity (Wildman–Crippen MR) is 119 cm³/mol. The molecule has 0 unspecified atom stereocenters. The van der Waals surface area contributed by atoms with Crippen LogP contribution in [0.25, 0.3) is 16.7 Å². The Kier molecular flexibility index (Phi) is 5.00. The van der Waals surface area contributed by atoms with Gasteiger partial charge in [-0.25, -0.2) is 9.97 Å².